The Balaban J connectivity index is 2.61. The molecule has 0 heterocycles. The van der Waals surface area contributed by atoms with Crippen molar-refractivity contribution in [3.63, 3.8) is 0 Å². The zero-order valence-corrected chi connectivity index (χ0v) is 15.1. The molecule has 5 nitrogen and oxygen atoms in total. The predicted molar refractivity (Wildman–Crippen MR) is 96.1 cm³/mol. The van der Waals surface area contributed by atoms with Gasteiger partial charge in [-0.05, 0) is 33.3 Å². The number of para-hydroxylation sites is 1. The van der Waals surface area contributed by atoms with E-state index >= 15 is 0 Å². The number of ether oxygens (including phenoxy) is 2. The molecule has 0 amide bonds. The normalized spacial score (nSPS) is 11.7. The first-order valence-electron chi connectivity index (χ1n) is 8.31. The molecule has 0 aliphatic heterocycles. The highest BCUT2D eigenvalue weighted by molar-refractivity contribution is 5.79. The lowest BCUT2D eigenvalue weighted by atomic mass is 10.2. The van der Waals surface area contributed by atoms with Crippen LogP contribution in [0.25, 0.3) is 0 Å². The summed E-state index contributed by atoms with van der Waals surface area (Å²) in [5, 5.41) is 3.33. The summed E-state index contributed by atoms with van der Waals surface area (Å²) in [7, 11) is 3.74. The van der Waals surface area contributed by atoms with Crippen LogP contribution < -0.4 is 10.1 Å². The quantitative estimate of drug-likeness (QED) is 0.431. The molecule has 0 radical (unpaired) electrons. The Hall–Kier alpha value is -1.75. The van der Waals surface area contributed by atoms with Gasteiger partial charge in [-0.15, -0.1) is 0 Å². The van der Waals surface area contributed by atoms with E-state index in [9.17, 15) is 0 Å². The summed E-state index contributed by atoms with van der Waals surface area (Å²) in [6.45, 7) is 9.27. The molecule has 0 spiro atoms. The number of rotatable bonds is 9. The highest BCUT2D eigenvalue weighted by Gasteiger charge is 2.09. The van der Waals surface area contributed by atoms with Crippen LogP contribution in [-0.2, 0) is 11.3 Å². The van der Waals surface area contributed by atoms with Crippen molar-refractivity contribution in [1.29, 1.82) is 0 Å². The number of nitrogens with one attached hydrogen (secondary N) is 1. The molecule has 0 saturated carbocycles. The van der Waals surface area contributed by atoms with E-state index in [0.29, 0.717) is 0 Å². The summed E-state index contributed by atoms with van der Waals surface area (Å²) < 4.78 is 11.0. The molecule has 0 aromatic heterocycles. The molecule has 1 N–H and O–H groups in total. The van der Waals surface area contributed by atoms with Crippen LogP contribution in [0.3, 0.4) is 0 Å². The molecule has 0 fully saturated rings. The second kappa shape index (κ2) is 10.9. The lowest BCUT2D eigenvalue weighted by Crippen LogP contribution is -2.38. The van der Waals surface area contributed by atoms with Gasteiger partial charge in [-0.1, -0.05) is 18.2 Å². The van der Waals surface area contributed by atoms with Gasteiger partial charge in [0.15, 0.2) is 5.96 Å². The van der Waals surface area contributed by atoms with Crippen molar-refractivity contribution < 1.29 is 9.47 Å². The van der Waals surface area contributed by atoms with Crippen molar-refractivity contribution in [2.45, 2.75) is 39.8 Å². The number of hydrogen-bond acceptors (Lipinski definition) is 3. The maximum atomic E-state index is 5.55. The number of methoxy groups -OCH3 is 1. The van der Waals surface area contributed by atoms with Crippen molar-refractivity contribution in [1.82, 2.24) is 10.2 Å². The van der Waals surface area contributed by atoms with Crippen LogP contribution in [0.2, 0.25) is 0 Å². The monoisotopic (exact) mass is 321 g/mol. The molecule has 130 valence electrons. The number of guanidine groups is 1. The second-order valence-corrected chi connectivity index (χ2v) is 5.68. The summed E-state index contributed by atoms with van der Waals surface area (Å²) >= 11 is 0. The predicted octanol–water partition coefficient (Wildman–Crippen LogP) is 2.91. The minimum absolute atomic E-state index is 0.278. The highest BCUT2D eigenvalue weighted by Crippen LogP contribution is 2.18. The van der Waals surface area contributed by atoms with E-state index in [1.165, 1.54) is 0 Å². The SMILES string of the molecule is CCNC(=NCCCOC(C)C)N(C)Cc1ccccc1OC. The Morgan fingerprint density at radius 2 is 2.04 bits per heavy atom. The van der Waals surface area contributed by atoms with Gasteiger partial charge in [-0.2, -0.15) is 0 Å². The number of aliphatic imine (C=N–C) groups is 1. The Kier molecular flexibility index (Phi) is 9.14. The van der Waals surface area contributed by atoms with Gasteiger partial charge in [-0.25, -0.2) is 0 Å². The largest absolute Gasteiger partial charge is 0.496 e. The van der Waals surface area contributed by atoms with Gasteiger partial charge in [0.1, 0.15) is 5.75 Å². The fourth-order valence-corrected chi connectivity index (χ4v) is 2.20. The van der Waals surface area contributed by atoms with Gasteiger partial charge >= 0.3 is 0 Å². The second-order valence-electron chi connectivity index (χ2n) is 5.68. The average molecular weight is 321 g/mol. The first-order valence-corrected chi connectivity index (χ1v) is 8.31. The summed E-state index contributed by atoms with van der Waals surface area (Å²) in [5.74, 6) is 1.81. The van der Waals surface area contributed by atoms with Crippen molar-refractivity contribution in [3.8, 4) is 5.75 Å². The molecule has 1 rings (SSSR count). The van der Waals surface area contributed by atoms with E-state index in [-0.39, 0.29) is 6.10 Å². The first-order chi connectivity index (χ1) is 11.1. The lowest BCUT2D eigenvalue weighted by molar-refractivity contribution is 0.0782. The highest BCUT2D eigenvalue weighted by atomic mass is 16.5. The van der Waals surface area contributed by atoms with Crippen LogP contribution in [-0.4, -0.2) is 50.8 Å². The molecule has 1 aromatic carbocycles. The average Bonchev–Trinajstić information content (AvgIpc) is 2.53. The number of benzene rings is 1. The van der Waals surface area contributed by atoms with Gasteiger partial charge in [0, 0.05) is 38.9 Å². The van der Waals surface area contributed by atoms with Crippen molar-refractivity contribution in [2.24, 2.45) is 4.99 Å². The summed E-state index contributed by atoms with van der Waals surface area (Å²) in [6.07, 6.45) is 1.20. The molecular weight excluding hydrogens is 290 g/mol. The smallest absolute Gasteiger partial charge is 0.193 e. The minimum Gasteiger partial charge on any atom is -0.496 e. The summed E-state index contributed by atoms with van der Waals surface area (Å²) in [5.41, 5.74) is 1.14. The van der Waals surface area contributed by atoms with Crippen LogP contribution in [0.4, 0.5) is 0 Å². The van der Waals surface area contributed by atoms with Gasteiger partial charge in [0.05, 0.1) is 13.2 Å². The molecule has 5 heteroatoms. The zero-order chi connectivity index (χ0) is 17.1. The first kappa shape index (κ1) is 19.3. The van der Waals surface area contributed by atoms with Crippen molar-refractivity contribution >= 4 is 5.96 Å². The van der Waals surface area contributed by atoms with Crippen LogP contribution in [0.15, 0.2) is 29.3 Å². The van der Waals surface area contributed by atoms with E-state index in [2.05, 4.69) is 28.2 Å². The standard InChI is InChI=1S/C18H31N3O2/c1-6-19-18(20-12-9-13-23-15(2)3)21(4)14-16-10-7-8-11-17(16)22-5/h7-8,10-11,15H,6,9,12-14H2,1-5H3,(H,19,20). The van der Waals surface area contributed by atoms with Crippen LogP contribution in [0, 0.1) is 0 Å². The van der Waals surface area contributed by atoms with E-state index in [1.54, 1.807) is 7.11 Å². The fraction of sp³-hybridized carbons (Fsp3) is 0.611. The minimum atomic E-state index is 0.278. The molecule has 23 heavy (non-hydrogen) atoms. The Bertz CT molecular complexity index is 475. The van der Waals surface area contributed by atoms with Crippen LogP contribution >= 0.6 is 0 Å². The molecular formula is C18H31N3O2. The third kappa shape index (κ3) is 7.37. The Morgan fingerprint density at radius 3 is 2.70 bits per heavy atom. The third-order valence-electron chi connectivity index (χ3n) is 3.31. The third-order valence-corrected chi connectivity index (χ3v) is 3.31. The van der Waals surface area contributed by atoms with Crippen molar-refractivity contribution in [3.05, 3.63) is 29.8 Å². The van der Waals surface area contributed by atoms with Gasteiger partial charge < -0.3 is 19.7 Å². The molecule has 0 atom stereocenters. The summed E-state index contributed by atoms with van der Waals surface area (Å²) in [4.78, 5) is 6.79. The Morgan fingerprint density at radius 1 is 1.30 bits per heavy atom. The number of hydrogen-bond donors (Lipinski definition) is 1. The van der Waals surface area contributed by atoms with Crippen LogP contribution in [0.1, 0.15) is 32.8 Å². The van der Waals surface area contributed by atoms with E-state index < -0.39 is 0 Å². The lowest BCUT2D eigenvalue weighted by Gasteiger charge is -2.23. The molecule has 0 unspecified atom stereocenters. The van der Waals surface area contributed by atoms with E-state index in [4.69, 9.17) is 9.47 Å². The van der Waals surface area contributed by atoms with Gasteiger partial charge in [0.25, 0.3) is 0 Å². The maximum Gasteiger partial charge on any atom is 0.193 e. The molecule has 1 aromatic rings. The van der Waals surface area contributed by atoms with Gasteiger partial charge in [-0.3, -0.25) is 4.99 Å². The fourth-order valence-electron chi connectivity index (χ4n) is 2.20. The molecule has 0 saturated heterocycles. The molecule has 0 aliphatic carbocycles. The number of nitrogens with zero attached hydrogens (tertiary/aromatic N) is 2. The Labute approximate surface area is 140 Å². The molecule has 0 bridgehead atoms. The maximum absolute atomic E-state index is 5.55. The van der Waals surface area contributed by atoms with E-state index in [0.717, 1.165) is 49.9 Å². The summed E-state index contributed by atoms with van der Waals surface area (Å²) in [6, 6.07) is 8.07. The van der Waals surface area contributed by atoms with Crippen molar-refractivity contribution in [2.75, 3.05) is 33.9 Å². The zero-order valence-electron chi connectivity index (χ0n) is 15.1. The van der Waals surface area contributed by atoms with E-state index in [1.807, 2.05) is 39.1 Å². The molecule has 0 aliphatic rings. The topological polar surface area (TPSA) is 46.1 Å². The van der Waals surface area contributed by atoms with Gasteiger partial charge in [0.2, 0.25) is 0 Å². The van der Waals surface area contributed by atoms with Crippen LogP contribution in [0.5, 0.6) is 5.75 Å².